The number of nitrogens with two attached hydrogens (primary N) is 1. The Bertz CT molecular complexity index is 765. The van der Waals surface area contributed by atoms with Crippen LogP contribution in [-0.2, 0) is 6.42 Å². The van der Waals surface area contributed by atoms with Gasteiger partial charge >= 0.3 is 0 Å². The minimum atomic E-state index is 0.556. The summed E-state index contributed by atoms with van der Waals surface area (Å²) in [5.74, 6) is 0. The predicted molar refractivity (Wildman–Crippen MR) is 83.4 cm³/mol. The zero-order chi connectivity index (χ0) is 14.1. The highest BCUT2D eigenvalue weighted by Crippen LogP contribution is 2.32. The van der Waals surface area contributed by atoms with Gasteiger partial charge in [-0.05, 0) is 36.9 Å². The standard InChI is InChI=1S/C15H13Cl2N3/c16-10-4-5-11(12(17)9-10)15-13(6-7-18)20-8-2-1-3-14(20)19-15/h1-5,8-9H,6-7,18H2. The van der Waals surface area contributed by atoms with Crippen LogP contribution in [0.3, 0.4) is 0 Å². The van der Waals surface area contributed by atoms with Crippen molar-refractivity contribution in [2.75, 3.05) is 6.54 Å². The number of nitrogens with zero attached hydrogens (tertiary/aromatic N) is 2. The van der Waals surface area contributed by atoms with Gasteiger partial charge < -0.3 is 10.1 Å². The zero-order valence-corrected chi connectivity index (χ0v) is 12.2. The van der Waals surface area contributed by atoms with Gasteiger partial charge in [-0.25, -0.2) is 4.98 Å². The molecular formula is C15H13Cl2N3. The Morgan fingerprint density at radius 3 is 2.75 bits per heavy atom. The molecule has 0 aliphatic rings. The molecule has 3 nitrogen and oxygen atoms in total. The molecule has 0 unspecified atom stereocenters. The van der Waals surface area contributed by atoms with Gasteiger partial charge in [0.2, 0.25) is 0 Å². The van der Waals surface area contributed by atoms with Crippen molar-refractivity contribution < 1.29 is 0 Å². The molecule has 0 amide bonds. The Kier molecular flexibility index (Phi) is 3.66. The van der Waals surface area contributed by atoms with E-state index in [-0.39, 0.29) is 0 Å². The minimum Gasteiger partial charge on any atom is -0.330 e. The van der Waals surface area contributed by atoms with E-state index < -0.39 is 0 Å². The number of pyridine rings is 1. The molecule has 2 N–H and O–H groups in total. The molecule has 2 aromatic heterocycles. The fraction of sp³-hybridized carbons (Fsp3) is 0.133. The van der Waals surface area contributed by atoms with E-state index in [1.807, 2.05) is 40.9 Å². The second kappa shape index (κ2) is 5.44. The molecule has 3 aromatic rings. The van der Waals surface area contributed by atoms with Crippen LogP contribution in [0.25, 0.3) is 16.9 Å². The van der Waals surface area contributed by atoms with Crippen molar-refractivity contribution in [1.29, 1.82) is 0 Å². The molecule has 0 aliphatic carbocycles. The Labute approximate surface area is 127 Å². The van der Waals surface area contributed by atoms with E-state index in [0.29, 0.717) is 16.6 Å². The number of halogens is 2. The fourth-order valence-electron chi connectivity index (χ4n) is 2.32. The van der Waals surface area contributed by atoms with Crippen LogP contribution in [0.4, 0.5) is 0 Å². The van der Waals surface area contributed by atoms with Gasteiger partial charge in [0.05, 0.1) is 16.4 Å². The molecule has 0 atom stereocenters. The summed E-state index contributed by atoms with van der Waals surface area (Å²) in [5.41, 5.74) is 9.42. The number of rotatable bonds is 3. The zero-order valence-electron chi connectivity index (χ0n) is 10.7. The lowest BCUT2D eigenvalue weighted by molar-refractivity contribution is 0.907. The van der Waals surface area contributed by atoms with Gasteiger partial charge in [0.15, 0.2) is 0 Å². The second-order valence-corrected chi connectivity index (χ2v) is 5.34. The summed E-state index contributed by atoms with van der Waals surface area (Å²) >= 11 is 12.3. The monoisotopic (exact) mass is 305 g/mol. The van der Waals surface area contributed by atoms with Crippen LogP contribution in [0.1, 0.15) is 5.69 Å². The first-order chi connectivity index (χ1) is 9.70. The first-order valence-corrected chi connectivity index (χ1v) is 7.08. The summed E-state index contributed by atoms with van der Waals surface area (Å²) in [4.78, 5) is 4.67. The third-order valence-corrected chi connectivity index (χ3v) is 3.74. The molecule has 0 radical (unpaired) electrons. The summed E-state index contributed by atoms with van der Waals surface area (Å²) in [6, 6.07) is 11.3. The number of benzene rings is 1. The van der Waals surface area contributed by atoms with Crippen LogP contribution in [0.15, 0.2) is 42.6 Å². The number of hydrogen-bond donors (Lipinski definition) is 1. The van der Waals surface area contributed by atoms with Crippen molar-refractivity contribution in [3.63, 3.8) is 0 Å². The first-order valence-electron chi connectivity index (χ1n) is 6.32. The molecule has 2 heterocycles. The summed E-state index contributed by atoms with van der Waals surface area (Å²) in [6.07, 6.45) is 2.72. The summed E-state index contributed by atoms with van der Waals surface area (Å²) < 4.78 is 2.05. The van der Waals surface area contributed by atoms with Crippen LogP contribution in [0.2, 0.25) is 10.0 Å². The van der Waals surface area contributed by atoms with Crippen LogP contribution < -0.4 is 5.73 Å². The lowest BCUT2D eigenvalue weighted by Crippen LogP contribution is -2.06. The lowest BCUT2D eigenvalue weighted by Gasteiger charge is -2.06. The van der Waals surface area contributed by atoms with Crippen LogP contribution in [0, 0.1) is 0 Å². The Hall–Kier alpha value is -1.55. The van der Waals surface area contributed by atoms with E-state index in [0.717, 1.165) is 29.0 Å². The van der Waals surface area contributed by atoms with Crippen LogP contribution in [0.5, 0.6) is 0 Å². The molecule has 3 rings (SSSR count). The smallest absolute Gasteiger partial charge is 0.137 e. The van der Waals surface area contributed by atoms with Gasteiger partial charge in [0.1, 0.15) is 5.65 Å². The molecule has 0 saturated heterocycles. The first kappa shape index (κ1) is 13.4. The normalized spacial score (nSPS) is 11.2. The molecule has 0 bridgehead atoms. The number of aromatic nitrogens is 2. The summed E-state index contributed by atoms with van der Waals surface area (Å²) in [5, 5.41) is 1.21. The SMILES string of the molecule is NCCc1c(-c2ccc(Cl)cc2Cl)nc2ccccn12. The predicted octanol–water partition coefficient (Wildman–Crippen LogP) is 3.81. The fourth-order valence-corrected chi connectivity index (χ4v) is 2.82. The van der Waals surface area contributed by atoms with Gasteiger partial charge in [-0.2, -0.15) is 0 Å². The number of fused-ring (bicyclic) bond motifs is 1. The molecule has 0 spiro atoms. The van der Waals surface area contributed by atoms with E-state index >= 15 is 0 Å². The topological polar surface area (TPSA) is 43.3 Å². The molecule has 0 aliphatic heterocycles. The lowest BCUT2D eigenvalue weighted by atomic mass is 10.1. The van der Waals surface area contributed by atoms with Gasteiger partial charge in [0.25, 0.3) is 0 Å². The van der Waals surface area contributed by atoms with E-state index in [2.05, 4.69) is 4.98 Å². The highest BCUT2D eigenvalue weighted by molar-refractivity contribution is 6.36. The van der Waals surface area contributed by atoms with E-state index in [9.17, 15) is 0 Å². The highest BCUT2D eigenvalue weighted by atomic mass is 35.5. The third-order valence-electron chi connectivity index (χ3n) is 3.20. The maximum Gasteiger partial charge on any atom is 0.137 e. The van der Waals surface area contributed by atoms with Crippen molar-refractivity contribution in [3.05, 3.63) is 58.3 Å². The largest absolute Gasteiger partial charge is 0.330 e. The number of hydrogen-bond acceptors (Lipinski definition) is 2. The van der Waals surface area contributed by atoms with Gasteiger partial charge in [-0.1, -0.05) is 29.3 Å². The number of imidazole rings is 1. The summed E-state index contributed by atoms with van der Waals surface area (Å²) in [6.45, 7) is 0.556. The molecule has 1 aromatic carbocycles. The second-order valence-electron chi connectivity index (χ2n) is 4.50. The average Bonchev–Trinajstić information content (AvgIpc) is 2.78. The molecule has 0 saturated carbocycles. The van der Waals surface area contributed by atoms with Gasteiger partial charge in [0, 0.05) is 23.2 Å². The van der Waals surface area contributed by atoms with Crippen LogP contribution >= 0.6 is 23.2 Å². The quantitative estimate of drug-likeness (QED) is 0.799. The molecular weight excluding hydrogens is 293 g/mol. The molecule has 0 fully saturated rings. The van der Waals surface area contributed by atoms with E-state index in [1.165, 1.54) is 0 Å². The van der Waals surface area contributed by atoms with E-state index in [4.69, 9.17) is 28.9 Å². The third kappa shape index (κ3) is 2.29. The van der Waals surface area contributed by atoms with Crippen LogP contribution in [-0.4, -0.2) is 15.9 Å². The van der Waals surface area contributed by atoms with Gasteiger partial charge in [-0.15, -0.1) is 0 Å². The Morgan fingerprint density at radius 2 is 2.00 bits per heavy atom. The highest BCUT2D eigenvalue weighted by Gasteiger charge is 2.15. The molecule has 5 heteroatoms. The van der Waals surface area contributed by atoms with Crippen molar-refractivity contribution in [2.45, 2.75) is 6.42 Å². The van der Waals surface area contributed by atoms with Gasteiger partial charge in [-0.3, -0.25) is 0 Å². The minimum absolute atomic E-state index is 0.556. The Balaban J connectivity index is 2.26. The van der Waals surface area contributed by atoms with E-state index in [1.54, 1.807) is 6.07 Å². The molecule has 102 valence electrons. The maximum atomic E-state index is 6.30. The summed E-state index contributed by atoms with van der Waals surface area (Å²) in [7, 11) is 0. The molecule has 20 heavy (non-hydrogen) atoms. The van der Waals surface area contributed by atoms with Crippen molar-refractivity contribution in [3.8, 4) is 11.3 Å². The van der Waals surface area contributed by atoms with Crippen molar-refractivity contribution in [1.82, 2.24) is 9.38 Å². The van der Waals surface area contributed by atoms with Crippen molar-refractivity contribution >= 4 is 28.8 Å². The Morgan fingerprint density at radius 1 is 1.15 bits per heavy atom. The van der Waals surface area contributed by atoms with Crippen molar-refractivity contribution in [2.24, 2.45) is 5.73 Å². The maximum absolute atomic E-state index is 6.30. The average molecular weight is 306 g/mol.